The molecule has 1 saturated heterocycles. The first kappa shape index (κ1) is 11.3. The van der Waals surface area contributed by atoms with Gasteiger partial charge in [-0.05, 0) is 31.9 Å². The molecular weight excluding hydrogens is 212 g/mol. The molecule has 1 aromatic heterocycles. The molecule has 2 heterocycles. The van der Waals surface area contributed by atoms with Crippen LogP contribution in [0.3, 0.4) is 0 Å². The second-order valence-electron chi connectivity index (χ2n) is 5.70. The lowest BCUT2D eigenvalue weighted by atomic mass is 9.92. The molecule has 3 heteroatoms. The van der Waals surface area contributed by atoms with Gasteiger partial charge in [-0.25, -0.2) is 0 Å². The maximum absolute atomic E-state index is 5.47. The van der Waals surface area contributed by atoms with Gasteiger partial charge in [0.05, 0.1) is 12.8 Å². The van der Waals surface area contributed by atoms with Crippen molar-refractivity contribution in [3.63, 3.8) is 0 Å². The lowest BCUT2D eigenvalue weighted by Crippen LogP contribution is -2.61. The van der Waals surface area contributed by atoms with Gasteiger partial charge < -0.3 is 9.73 Å². The Balaban J connectivity index is 1.69. The van der Waals surface area contributed by atoms with E-state index in [0.29, 0.717) is 11.6 Å². The standard InChI is InChI=1S/C14H22N2O/c1-12-9-15-14(6-2-3-7-14)11-16(12)10-13-5-4-8-17-13/h4-5,8,12,15H,2-3,6-7,9-11H2,1H3. The first-order valence-electron chi connectivity index (χ1n) is 6.79. The topological polar surface area (TPSA) is 28.4 Å². The van der Waals surface area contributed by atoms with Gasteiger partial charge in [-0.15, -0.1) is 0 Å². The molecule has 1 spiro atoms. The summed E-state index contributed by atoms with van der Waals surface area (Å²) in [5, 5.41) is 3.78. The highest BCUT2D eigenvalue weighted by molar-refractivity contribution is 5.03. The van der Waals surface area contributed by atoms with Crippen LogP contribution in [0.2, 0.25) is 0 Å². The predicted molar refractivity (Wildman–Crippen MR) is 67.8 cm³/mol. The Morgan fingerprint density at radius 1 is 1.47 bits per heavy atom. The van der Waals surface area contributed by atoms with Gasteiger partial charge in [-0.2, -0.15) is 0 Å². The highest BCUT2D eigenvalue weighted by Gasteiger charge is 2.39. The minimum atomic E-state index is 0.402. The van der Waals surface area contributed by atoms with Crippen molar-refractivity contribution in [1.82, 2.24) is 10.2 Å². The molecule has 1 aromatic rings. The molecule has 3 nitrogen and oxygen atoms in total. The summed E-state index contributed by atoms with van der Waals surface area (Å²) in [7, 11) is 0. The minimum absolute atomic E-state index is 0.402. The third kappa shape index (κ3) is 2.26. The van der Waals surface area contributed by atoms with Crippen LogP contribution in [0.15, 0.2) is 22.8 Å². The van der Waals surface area contributed by atoms with Crippen LogP contribution in [0, 0.1) is 0 Å². The Hall–Kier alpha value is -0.800. The van der Waals surface area contributed by atoms with E-state index in [1.54, 1.807) is 6.26 Å². The average molecular weight is 234 g/mol. The van der Waals surface area contributed by atoms with Crippen LogP contribution >= 0.6 is 0 Å². The largest absolute Gasteiger partial charge is 0.468 e. The van der Waals surface area contributed by atoms with Gasteiger partial charge in [-0.1, -0.05) is 12.8 Å². The van der Waals surface area contributed by atoms with Crippen molar-refractivity contribution in [3.05, 3.63) is 24.2 Å². The van der Waals surface area contributed by atoms with Crippen molar-refractivity contribution in [2.45, 2.75) is 50.7 Å². The summed E-state index contributed by atoms with van der Waals surface area (Å²) in [6.07, 6.45) is 7.22. The van der Waals surface area contributed by atoms with Gasteiger partial charge in [0, 0.05) is 24.7 Å². The van der Waals surface area contributed by atoms with Gasteiger partial charge in [-0.3, -0.25) is 4.90 Å². The number of hydrogen-bond acceptors (Lipinski definition) is 3. The van der Waals surface area contributed by atoms with E-state index in [9.17, 15) is 0 Å². The van der Waals surface area contributed by atoms with Crippen molar-refractivity contribution in [2.75, 3.05) is 13.1 Å². The molecule has 2 aliphatic rings. The predicted octanol–water partition coefficient (Wildman–Crippen LogP) is 2.39. The molecule has 1 atom stereocenters. The smallest absolute Gasteiger partial charge is 0.117 e. The highest BCUT2D eigenvalue weighted by atomic mass is 16.3. The number of nitrogens with zero attached hydrogens (tertiary/aromatic N) is 1. The second kappa shape index (κ2) is 4.46. The third-order valence-corrected chi connectivity index (χ3v) is 4.40. The molecule has 17 heavy (non-hydrogen) atoms. The Morgan fingerprint density at radius 3 is 3.00 bits per heavy atom. The maximum atomic E-state index is 5.47. The molecule has 3 rings (SSSR count). The summed E-state index contributed by atoms with van der Waals surface area (Å²) in [6, 6.07) is 4.66. The van der Waals surface area contributed by atoms with Gasteiger partial charge in [0.1, 0.15) is 5.76 Å². The molecule has 94 valence electrons. The van der Waals surface area contributed by atoms with Crippen LogP contribution in [-0.2, 0) is 6.54 Å². The molecule has 1 N–H and O–H groups in total. The van der Waals surface area contributed by atoms with Gasteiger partial charge in [0.15, 0.2) is 0 Å². The van der Waals surface area contributed by atoms with Crippen LogP contribution in [0.1, 0.15) is 38.4 Å². The van der Waals surface area contributed by atoms with Crippen LogP contribution in [0.4, 0.5) is 0 Å². The van der Waals surface area contributed by atoms with Gasteiger partial charge in [0.25, 0.3) is 0 Å². The summed E-state index contributed by atoms with van der Waals surface area (Å²) < 4.78 is 5.47. The second-order valence-corrected chi connectivity index (χ2v) is 5.70. The fourth-order valence-electron chi connectivity index (χ4n) is 3.29. The molecule has 0 amide bonds. The van der Waals surface area contributed by atoms with Gasteiger partial charge >= 0.3 is 0 Å². The Kier molecular flexibility index (Phi) is 2.97. The van der Waals surface area contributed by atoms with Crippen LogP contribution in [-0.4, -0.2) is 29.6 Å². The molecular formula is C14H22N2O. The number of nitrogens with one attached hydrogen (secondary N) is 1. The molecule has 1 unspecified atom stereocenters. The molecule has 0 aromatic carbocycles. The Morgan fingerprint density at radius 2 is 2.29 bits per heavy atom. The SMILES string of the molecule is CC1CNC2(CCCC2)CN1Cc1ccco1. The average Bonchev–Trinajstić information content (AvgIpc) is 2.96. The Labute approximate surface area is 103 Å². The summed E-state index contributed by atoms with van der Waals surface area (Å²) in [6.45, 7) is 5.55. The lowest BCUT2D eigenvalue weighted by molar-refractivity contribution is 0.0766. The van der Waals surface area contributed by atoms with Crippen molar-refractivity contribution in [3.8, 4) is 0 Å². The highest BCUT2D eigenvalue weighted by Crippen LogP contribution is 2.33. The van der Waals surface area contributed by atoms with Gasteiger partial charge in [0.2, 0.25) is 0 Å². The number of hydrogen-bond donors (Lipinski definition) is 1. The quantitative estimate of drug-likeness (QED) is 0.851. The van der Waals surface area contributed by atoms with Crippen molar-refractivity contribution in [1.29, 1.82) is 0 Å². The van der Waals surface area contributed by atoms with E-state index in [2.05, 4.69) is 23.2 Å². The van der Waals surface area contributed by atoms with E-state index < -0.39 is 0 Å². The van der Waals surface area contributed by atoms with E-state index in [-0.39, 0.29) is 0 Å². The summed E-state index contributed by atoms with van der Waals surface area (Å²) >= 11 is 0. The monoisotopic (exact) mass is 234 g/mol. The zero-order chi connectivity index (χ0) is 11.7. The number of furan rings is 1. The van der Waals surface area contributed by atoms with Crippen LogP contribution < -0.4 is 5.32 Å². The number of rotatable bonds is 2. The van der Waals surface area contributed by atoms with E-state index in [1.165, 1.54) is 32.2 Å². The third-order valence-electron chi connectivity index (χ3n) is 4.40. The van der Waals surface area contributed by atoms with E-state index in [1.807, 2.05) is 6.07 Å². The minimum Gasteiger partial charge on any atom is -0.468 e. The number of piperazine rings is 1. The fourth-order valence-corrected chi connectivity index (χ4v) is 3.29. The van der Waals surface area contributed by atoms with E-state index in [0.717, 1.165) is 18.8 Å². The normalized spacial score (nSPS) is 28.9. The van der Waals surface area contributed by atoms with E-state index >= 15 is 0 Å². The molecule has 0 radical (unpaired) electrons. The van der Waals surface area contributed by atoms with E-state index in [4.69, 9.17) is 4.42 Å². The molecule has 1 saturated carbocycles. The molecule has 2 fully saturated rings. The van der Waals surface area contributed by atoms with Crippen molar-refractivity contribution >= 4 is 0 Å². The van der Waals surface area contributed by atoms with Crippen molar-refractivity contribution in [2.24, 2.45) is 0 Å². The Bertz CT molecular complexity index is 354. The molecule has 0 bridgehead atoms. The zero-order valence-electron chi connectivity index (χ0n) is 10.6. The summed E-state index contributed by atoms with van der Waals surface area (Å²) in [4.78, 5) is 2.57. The summed E-state index contributed by atoms with van der Waals surface area (Å²) in [5.74, 6) is 1.09. The fraction of sp³-hybridized carbons (Fsp3) is 0.714. The molecule has 1 aliphatic carbocycles. The van der Waals surface area contributed by atoms with Crippen LogP contribution in [0.25, 0.3) is 0 Å². The first-order valence-corrected chi connectivity index (χ1v) is 6.79. The van der Waals surface area contributed by atoms with Crippen molar-refractivity contribution < 1.29 is 4.42 Å². The zero-order valence-corrected chi connectivity index (χ0v) is 10.6. The maximum Gasteiger partial charge on any atom is 0.117 e. The lowest BCUT2D eigenvalue weighted by Gasteiger charge is -2.45. The molecule has 1 aliphatic heterocycles. The first-order chi connectivity index (χ1) is 8.27. The van der Waals surface area contributed by atoms with Crippen LogP contribution in [0.5, 0.6) is 0 Å². The summed E-state index contributed by atoms with van der Waals surface area (Å²) in [5.41, 5.74) is 0.402.